The number of aromatic amines is 1. The van der Waals surface area contributed by atoms with Crippen LogP contribution in [0.25, 0.3) is 0 Å². The van der Waals surface area contributed by atoms with Gasteiger partial charge in [-0.25, -0.2) is 14.0 Å². The van der Waals surface area contributed by atoms with E-state index in [-0.39, 0.29) is 11.1 Å². The summed E-state index contributed by atoms with van der Waals surface area (Å²) in [6.45, 7) is 4.54. The molecule has 166 valence electrons. The Bertz CT molecular complexity index is 1110. The summed E-state index contributed by atoms with van der Waals surface area (Å²) < 4.78 is 33.3. The van der Waals surface area contributed by atoms with Crippen LogP contribution in [0.3, 0.4) is 0 Å². The van der Waals surface area contributed by atoms with Gasteiger partial charge in [-0.3, -0.25) is 19.1 Å². The Hall–Kier alpha value is -3.27. The number of esters is 2. The van der Waals surface area contributed by atoms with Gasteiger partial charge in [-0.15, -0.1) is 0 Å². The SMILES string of the molecule is CC(=O)O[C@@]1(C)[C@@H](COC(=O)c2ccccc2)O[C@H](n2cc(C)c(=O)[nH]c2=O)[C@]1(C)F. The molecule has 1 N–H and O–H groups in total. The molecule has 1 saturated heterocycles. The van der Waals surface area contributed by atoms with Crippen LogP contribution in [0.1, 0.15) is 42.9 Å². The summed E-state index contributed by atoms with van der Waals surface area (Å²) in [5, 5.41) is 0. The van der Waals surface area contributed by atoms with Gasteiger partial charge >= 0.3 is 17.6 Å². The molecule has 2 aromatic rings. The Labute approximate surface area is 176 Å². The topological polar surface area (TPSA) is 117 Å². The van der Waals surface area contributed by atoms with Gasteiger partial charge in [-0.2, -0.15) is 0 Å². The molecule has 2 heterocycles. The Kier molecular flexibility index (Phi) is 5.86. The molecule has 0 amide bonds. The number of carbonyl (C=O) groups is 2. The van der Waals surface area contributed by atoms with Crippen molar-refractivity contribution in [3.05, 3.63) is 68.5 Å². The first-order valence-corrected chi connectivity index (χ1v) is 9.55. The summed E-state index contributed by atoms with van der Waals surface area (Å²) in [6, 6.07) is 8.15. The van der Waals surface area contributed by atoms with E-state index < -0.39 is 53.4 Å². The monoisotopic (exact) mass is 434 g/mol. The van der Waals surface area contributed by atoms with Crippen LogP contribution in [0, 0.1) is 6.92 Å². The first kappa shape index (κ1) is 22.4. The van der Waals surface area contributed by atoms with Crippen molar-refractivity contribution in [2.45, 2.75) is 51.3 Å². The van der Waals surface area contributed by atoms with Crippen LogP contribution in [0.5, 0.6) is 0 Å². The standard InChI is InChI=1S/C21H23FN2O7/c1-12-10-24(19(28)23-16(12)26)18-20(3,22)21(4,31-13(2)25)15(30-18)11-29-17(27)14-8-6-5-7-9-14/h5-10,15,18H,11H2,1-4H3,(H,23,26,28)/t15-,18+,20+,21+/m1/s1. The fourth-order valence-corrected chi connectivity index (χ4v) is 3.53. The van der Waals surface area contributed by atoms with Crippen molar-refractivity contribution < 1.29 is 28.2 Å². The van der Waals surface area contributed by atoms with Crippen LogP contribution < -0.4 is 11.2 Å². The molecule has 0 bridgehead atoms. The van der Waals surface area contributed by atoms with E-state index >= 15 is 4.39 Å². The molecule has 9 nitrogen and oxygen atoms in total. The molecule has 4 atom stereocenters. The number of carbonyl (C=O) groups excluding carboxylic acids is 2. The molecule has 1 aliphatic rings. The summed E-state index contributed by atoms with van der Waals surface area (Å²) in [5.41, 5.74) is -5.39. The highest BCUT2D eigenvalue weighted by Crippen LogP contribution is 2.50. The smallest absolute Gasteiger partial charge is 0.338 e. The molecule has 0 unspecified atom stereocenters. The Morgan fingerprint density at radius 2 is 1.87 bits per heavy atom. The lowest BCUT2D eigenvalue weighted by Crippen LogP contribution is -2.55. The van der Waals surface area contributed by atoms with E-state index in [1.54, 1.807) is 30.3 Å². The summed E-state index contributed by atoms with van der Waals surface area (Å²) in [6.07, 6.45) is -1.63. The largest absolute Gasteiger partial charge is 0.459 e. The molecule has 1 aliphatic heterocycles. The molecular formula is C21H23FN2O7. The number of halogens is 1. The lowest BCUT2D eigenvalue weighted by Gasteiger charge is -2.36. The number of nitrogens with zero attached hydrogens (tertiary/aromatic N) is 1. The highest BCUT2D eigenvalue weighted by molar-refractivity contribution is 5.89. The Balaban J connectivity index is 1.95. The first-order chi connectivity index (χ1) is 14.5. The molecule has 0 spiro atoms. The average molecular weight is 434 g/mol. The van der Waals surface area contributed by atoms with Crippen LogP contribution in [0.2, 0.25) is 0 Å². The lowest BCUT2D eigenvalue weighted by atomic mass is 9.84. The van der Waals surface area contributed by atoms with Crippen molar-refractivity contribution in [3.8, 4) is 0 Å². The predicted molar refractivity (Wildman–Crippen MR) is 106 cm³/mol. The van der Waals surface area contributed by atoms with E-state index in [4.69, 9.17) is 14.2 Å². The summed E-state index contributed by atoms with van der Waals surface area (Å²) in [5.74, 6) is -1.45. The van der Waals surface area contributed by atoms with Crippen molar-refractivity contribution in [1.82, 2.24) is 9.55 Å². The quantitative estimate of drug-likeness (QED) is 0.711. The highest BCUT2D eigenvalue weighted by Gasteiger charge is 2.66. The van der Waals surface area contributed by atoms with Crippen LogP contribution >= 0.6 is 0 Å². The average Bonchev–Trinajstić information content (AvgIpc) is 2.89. The number of aryl methyl sites for hydroxylation is 1. The van der Waals surface area contributed by atoms with Gasteiger partial charge in [0, 0.05) is 18.7 Å². The van der Waals surface area contributed by atoms with E-state index in [0.717, 1.165) is 24.6 Å². The lowest BCUT2D eigenvalue weighted by molar-refractivity contribution is -0.175. The van der Waals surface area contributed by atoms with Crippen LogP contribution in [0.4, 0.5) is 4.39 Å². The molecular weight excluding hydrogens is 411 g/mol. The number of H-pyrrole nitrogens is 1. The van der Waals surface area contributed by atoms with Crippen molar-refractivity contribution in [2.75, 3.05) is 6.61 Å². The highest BCUT2D eigenvalue weighted by atomic mass is 19.1. The summed E-state index contributed by atoms with van der Waals surface area (Å²) >= 11 is 0. The van der Waals surface area contributed by atoms with Gasteiger partial charge in [0.15, 0.2) is 17.5 Å². The van der Waals surface area contributed by atoms with Gasteiger partial charge < -0.3 is 14.2 Å². The molecule has 10 heteroatoms. The number of rotatable bonds is 5. The predicted octanol–water partition coefficient (Wildman–Crippen LogP) is 1.65. The van der Waals surface area contributed by atoms with E-state index in [1.807, 2.05) is 0 Å². The van der Waals surface area contributed by atoms with Gasteiger partial charge in [-0.1, -0.05) is 18.2 Å². The maximum atomic E-state index is 16.1. The number of hydrogen-bond acceptors (Lipinski definition) is 7. The number of hydrogen-bond donors (Lipinski definition) is 1. The minimum atomic E-state index is -2.42. The molecule has 0 radical (unpaired) electrons. The van der Waals surface area contributed by atoms with Crippen molar-refractivity contribution >= 4 is 11.9 Å². The normalized spacial score (nSPS) is 27.6. The maximum absolute atomic E-state index is 16.1. The van der Waals surface area contributed by atoms with E-state index in [2.05, 4.69) is 4.98 Å². The minimum Gasteiger partial charge on any atom is -0.459 e. The zero-order chi connectivity index (χ0) is 23.0. The number of alkyl halides is 1. The minimum absolute atomic E-state index is 0.159. The molecule has 31 heavy (non-hydrogen) atoms. The molecule has 1 aromatic heterocycles. The fourth-order valence-electron chi connectivity index (χ4n) is 3.53. The second kappa shape index (κ2) is 8.10. The van der Waals surface area contributed by atoms with Crippen molar-refractivity contribution in [1.29, 1.82) is 0 Å². The number of aromatic nitrogens is 2. The molecule has 0 aliphatic carbocycles. The van der Waals surface area contributed by atoms with Crippen LogP contribution in [0.15, 0.2) is 46.1 Å². The van der Waals surface area contributed by atoms with Gasteiger partial charge in [0.05, 0.1) is 5.56 Å². The second-order valence-electron chi connectivity index (χ2n) is 7.70. The molecule has 3 rings (SSSR count). The Morgan fingerprint density at radius 3 is 2.48 bits per heavy atom. The van der Waals surface area contributed by atoms with Crippen molar-refractivity contribution in [3.63, 3.8) is 0 Å². The van der Waals surface area contributed by atoms with E-state index in [1.165, 1.54) is 13.8 Å². The third-order valence-corrected chi connectivity index (χ3v) is 5.47. The maximum Gasteiger partial charge on any atom is 0.338 e. The van der Waals surface area contributed by atoms with E-state index in [9.17, 15) is 19.2 Å². The van der Waals surface area contributed by atoms with Gasteiger partial charge in [0.25, 0.3) is 5.56 Å². The van der Waals surface area contributed by atoms with Crippen LogP contribution in [-0.4, -0.2) is 45.5 Å². The molecule has 1 fully saturated rings. The molecule has 1 aromatic carbocycles. The third-order valence-electron chi connectivity index (χ3n) is 5.47. The van der Waals surface area contributed by atoms with Crippen LogP contribution in [-0.2, 0) is 19.0 Å². The number of nitrogens with one attached hydrogen (secondary N) is 1. The van der Waals surface area contributed by atoms with Crippen molar-refractivity contribution in [2.24, 2.45) is 0 Å². The van der Waals surface area contributed by atoms with Gasteiger partial charge in [-0.05, 0) is 32.9 Å². The summed E-state index contributed by atoms with van der Waals surface area (Å²) in [4.78, 5) is 50.1. The Morgan fingerprint density at radius 1 is 1.23 bits per heavy atom. The molecule has 0 saturated carbocycles. The first-order valence-electron chi connectivity index (χ1n) is 9.55. The zero-order valence-corrected chi connectivity index (χ0v) is 17.5. The number of ether oxygens (including phenoxy) is 3. The third kappa shape index (κ3) is 4.02. The van der Waals surface area contributed by atoms with Gasteiger partial charge in [0.2, 0.25) is 0 Å². The zero-order valence-electron chi connectivity index (χ0n) is 17.5. The summed E-state index contributed by atoms with van der Waals surface area (Å²) in [7, 11) is 0. The van der Waals surface area contributed by atoms with E-state index in [0.29, 0.717) is 0 Å². The van der Waals surface area contributed by atoms with Gasteiger partial charge in [0.1, 0.15) is 12.7 Å². The fraction of sp³-hybridized carbons (Fsp3) is 0.429. The number of benzene rings is 1. The second-order valence-corrected chi connectivity index (χ2v) is 7.70.